The lowest BCUT2D eigenvalue weighted by molar-refractivity contribution is -0.123. The standard InChI is InChI=1S/C17H17BrN2O3S/c1-3-22-14-7-12(8-19)6-13(18)17(14)23-10-16(21)20-9-15-11(2)4-5-24-15/h4-7H,3,9-10H2,1-2H3,(H,20,21). The van der Waals surface area contributed by atoms with Gasteiger partial charge in [0, 0.05) is 10.9 Å². The van der Waals surface area contributed by atoms with Gasteiger partial charge >= 0.3 is 0 Å². The van der Waals surface area contributed by atoms with Crippen molar-refractivity contribution in [3.05, 3.63) is 44.1 Å². The topological polar surface area (TPSA) is 71.3 Å². The van der Waals surface area contributed by atoms with Gasteiger partial charge in [-0.25, -0.2) is 0 Å². The Morgan fingerprint density at radius 1 is 1.42 bits per heavy atom. The summed E-state index contributed by atoms with van der Waals surface area (Å²) in [6.45, 7) is 4.64. The minimum atomic E-state index is -0.221. The Bertz CT molecular complexity index is 768. The molecule has 0 saturated heterocycles. The van der Waals surface area contributed by atoms with E-state index in [1.54, 1.807) is 23.5 Å². The molecule has 0 aliphatic heterocycles. The number of thiophene rings is 1. The van der Waals surface area contributed by atoms with E-state index in [9.17, 15) is 4.79 Å². The third-order valence-corrected chi connectivity index (χ3v) is 4.81. The Morgan fingerprint density at radius 3 is 2.83 bits per heavy atom. The number of halogens is 1. The first-order valence-corrected chi connectivity index (χ1v) is 9.01. The second-order valence-electron chi connectivity index (χ2n) is 4.92. The van der Waals surface area contributed by atoms with Gasteiger partial charge in [-0.3, -0.25) is 4.79 Å². The fraction of sp³-hybridized carbons (Fsp3) is 0.294. The van der Waals surface area contributed by atoms with Gasteiger partial charge in [0.1, 0.15) is 0 Å². The molecule has 0 radical (unpaired) electrons. The van der Waals surface area contributed by atoms with Gasteiger partial charge < -0.3 is 14.8 Å². The number of rotatable bonds is 7. The van der Waals surface area contributed by atoms with Gasteiger partial charge in [-0.2, -0.15) is 5.26 Å². The second kappa shape index (κ2) is 8.71. The van der Waals surface area contributed by atoms with E-state index in [0.717, 1.165) is 10.4 Å². The molecule has 5 nitrogen and oxygen atoms in total. The lowest BCUT2D eigenvalue weighted by atomic mass is 10.2. The van der Waals surface area contributed by atoms with Gasteiger partial charge in [0.05, 0.1) is 29.3 Å². The monoisotopic (exact) mass is 408 g/mol. The summed E-state index contributed by atoms with van der Waals surface area (Å²) in [4.78, 5) is 13.1. The molecule has 0 atom stereocenters. The maximum absolute atomic E-state index is 12.0. The molecule has 2 rings (SSSR count). The number of amides is 1. The first kappa shape index (κ1) is 18.3. The summed E-state index contributed by atoms with van der Waals surface area (Å²) in [7, 11) is 0. The smallest absolute Gasteiger partial charge is 0.258 e. The third kappa shape index (κ3) is 4.73. The zero-order chi connectivity index (χ0) is 17.5. The Kier molecular flexibility index (Phi) is 6.64. The number of nitrogens with zero attached hydrogens (tertiary/aromatic N) is 1. The molecular formula is C17H17BrN2O3S. The predicted octanol–water partition coefficient (Wildman–Crippen LogP) is 3.78. The van der Waals surface area contributed by atoms with Gasteiger partial charge in [0.2, 0.25) is 0 Å². The lowest BCUT2D eigenvalue weighted by Crippen LogP contribution is -2.28. The molecule has 1 heterocycles. The number of benzene rings is 1. The second-order valence-corrected chi connectivity index (χ2v) is 6.78. The number of hydrogen-bond acceptors (Lipinski definition) is 5. The summed E-state index contributed by atoms with van der Waals surface area (Å²) in [5.74, 6) is 0.630. The number of ether oxygens (including phenoxy) is 2. The summed E-state index contributed by atoms with van der Waals surface area (Å²) >= 11 is 4.96. The molecule has 0 bridgehead atoms. The van der Waals surface area contributed by atoms with Gasteiger partial charge in [-0.05, 0) is 52.9 Å². The largest absolute Gasteiger partial charge is 0.490 e. The quantitative estimate of drug-likeness (QED) is 0.756. The van der Waals surface area contributed by atoms with Crippen molar-refractivity contribution in [1.82, 2.24) is 5.32 Å². The third-order valence-electron chi connectivity index (χ3n) is 3.20. The molecule has 0 aliphatic carbocycles. The highest BCUT2D eigenvalue weighted by atomic mass is 79.9. The molecule has 2 aromatic rings. The van der Waals surface area contributed by atoms with Crippen molar-refractivity contribution < 1.29 is 14.3 Å². The SMILES string of the molecule is CCOc1cc(C#N)cc(Br)c1OCC(=O)NCc1sccc1C. The van der Waals surface area contributed by atoms with E-state index in [-0.39, 0.29) is 12.5 Å². The molecule has 7 heteroatoms. The maximum atomic E-state index is 12.0. The van der Waals surface area contributed by atoms with Gasteiger partial charge in [-0.15, -0.1) is 11.3 Å². The van der Waals surface area contributed by atoms with E-state index >= 15 is 0 Å². The van der Waals surface area contributed by atoms with Crippen molar-refractivity contribution in [3.63, 3.8) is 0 Å². The number of nitrogens with one attached hydrogen (secondary N) is 1. The molecule has 1 N–H and O–H groups in total. The Morgan fingerprint density at radius 2 is 2.21 bits per heavy atom. The van der Waals surface area contributed by atoms with Crippen molar-refractivity contribution in [1.29, 1.82) is 5.26 Å². The number of carbonyl (C=O) groups excluding carboxylic acids is 1. The van der Waals surface area contributed by atoms with E-state index < -0.39 is 0 Å². The van der Waals surface area contributed by atoms with Crippen molar-refractivity contribution in [2.24, 2.45) is 0 Å². The van der Waals surface area contributed by atoms with E-state index in [4.69, 9.17) is 14.7 Å². The van der Waals surface area contributed by atoms with E-state index in [1.807, 2.05) is 25.3 Å². The Hall–Kier alpha value is -2.04. The molecule has 24 heavy (non-hydrogen) atoms. The van der Waals surface area contributed by atoms with Crippen LogP contribution in [0, 0.1) is 18.3 Å². The highest BCUT2D eigenvalue weighted by molar-refractivity contribution is 9.10. The normalized spacial score (nSPS) is 10.1. The average Bonchev–Trinajstić information content (AvgIpc) is 2.97. The summed E-state index contributed by atoms with van der Waals surface area (Å²) in [5, 5.41) is 13.8. The van der Waals surface area contributed by atoms with Crippen LogP contribution in [0.2, 0.25) is 0 Å². The van der Waals surface area contributed by atoms with Crippen LogP contribution in [-0.2, 0) is 11.3 Å². The van der Waals surface area contributed by atoms with E-state index in [2.05, 4.69) is 27.3 Å². The summed E-state index contributed by atoms with van der Waals surface area (Å²) in [6, 6.07) is 7.30. The maximum Gasteiger partial charge on any atom is 0.258 e. The minimum absolute atomic E-state index is 0.130. The molecule has 1 aromatic carbocycles. The lowest BCUT2D eigenvalue weighted by Gasteiger charge is -2.14. The van der Waals surface area contributed by atoms with Gasteiger partial charge in [-0.1, -0.05) is 0 Å². The number of carbonyl (C=O) groups is 1. The fourth-order valence-corrected chi connectivity index (χ4v) is 3.39. The highest BCUT2D eigenvalue weighted by Crippen LogP contribution is 2.36. The summed E-state index contributed by atoms with van der Waals surface area (Å²) in [5.41, 5.74) is 1.62. The molecule has 1 aromatic heterocycles. The molecule has 0 aliphatic rings. The Balaban J connectivity index is 1.99. The molecule has 0 fully saturated rings. The molecule has 0 saturated carbocycles. The average molecular weight is 409 g/mol. The van der Waals surface area contributed by atoms with Crippen LogP contribution in [-0.4, -0.2) is 19.1 Å². The van der Waals surface area contributed by atoms with Crippen LogP contribution in [0.4, 0.5) is 0 Å². The van der Waals surface area contributed by atoms with Gasteiger partial charge in [0.25, 0.3) is 5.91 Å². The fourth-order valence-electron chi connectivity index (χ4n) is 1.99. The Labute approximate surface area is 153 Å². The van der Waals surface area contributed by atoms with Crippen LogP contribution in [0.3, 0.4) is 0 Å². The highest BCUT2D eigenvalue weighted by Gasteiger charge is 2.14. The van der Waals surface area contributed by atoms with Crippen LogP contribution in [0.25, 0.3) is 0 Å². The van der Waals surface area contributed by atoms with Crippen molar-refractivity contribution in [2.45, 2.75) is 20.4 Å². The van der Waals surface area contributed by atoms with Crippen molar-refractivity contribution in [2.75, 3.05) is 13.2 Å². The first-order valence-electron chi connectivity index (χ1n) is 7.34. The van der Waals surface area contributed by atoms with Crippen LogP contribution < -0.4 is 14.8 Å². The van der Waals surface area contributed by atoms with E-state index in [1.165, 1.54) is 0 Å². The van der Waals surface area contributed by atoms with E-state index in [0.29, 0.717) is 34.7 Å². The number of aryl methyl sites for hydroxylation is 1. The van der Waals surface area contributed by atoms with Crippen LogP contribution in [0.5, 0.6) is 11.5 Å². The summed E-state index contributed by atoms with van der Waals surface area (Å²) < 4.78 is 11.7. The van der Waals surface area contributed by atoms with Gasteiger partial charge in [0.15, 0.2) is 18.1 Å². The molecule has 126 valence electrons. The van der Waals surface area contributed by atoms with Crippen LogP contribution in [0.15, 0.2) is 28.1 Å². The molecule has 0 unspecified atom stereocenters. The molecule has 0 spiro atoms. The zero-order valence-corrected chi connectivity index (χ0v) is 15.8. The predicted molar refractivity (Wildman–Crippen MR) is 96.4 cm³/mol. The first-order chi connectivity index (χ1) is 11.5. The van der Waals surface area contributed by atoms with Crippen LogP contribution >= 0.6 is 27.3 Å². The molecule has 1 amide bonds. The van der Waals surface area contributed by atoms with Crippen LogP contribution in [0.1, 0.15) is 22.9 Å². The minimum Gasteiger partial charge on any atom is -0.490 e. The molecular weight excluding hydrogens is 392 g/mol. The van der Waals surface area contributed by atoms with Crippen molar-refractivity contribution >= 4 is 33.2 Å². The van der Waals surface area contributed by atoms with Crippen molar-refractivity contribution in [3.8, 4) is 17.6 Å². The number of hydrogen-bond donors (Lipinski definition) is 1. The number of nitriles is 1. The zero-order valence-electron chi connectivity index (χ0n) is 13.4. The summed E-state index contributed by atoms with van der Waals surface area (Å²) in [6.07, 6.45) is 0.